The van der Waals surface area contributed by atoms with Crippen molar-refractivity contribution in [2.45, 2.75) is 201 Å². The van der Waals surface area contributed by atoms with E-state index in [0.29, 0.717) is 6.61 Å². The van der Waals surface area contributed by atoms with Crippen LogP contribution in [0.4, 0.5) is 12.9 Å². The number of halogens is 4. The van der Waals surface area contributed by atoms with Gasteiger partial charge in [0.2, 0.25) is 5.75 Å². The predicted octanol–water partition coefficient (Wildman–Crippen LogP) is 13.7. The SMILES string of the molecule is C=C/C=C\CCCCCCCCOc1cc(C[N+](CC)(CC)CC)cc(OCCCCCCCC/C=C/C=C)c1OCCCCCCCCCCCCCC.FB(F)F.[F-]. The number of ether oxygens (including phenoxy) is 3. The number of benzene rings is 1. The molecule has 9 heteroatoms. The minimum absolute atomic E-state index is 0. The summed E-state index contributed by atoms with van der Waals surface area (Å²) in [4.78, 5) is 0. The first-order valence-corrected chi connectivity index (χ1v) is 24.2. The minimum Gasteiger partial charge on any atom is -1.00 e. The number of allylic oxidation sites excluding steroid dienone is 6. The number of quaternary nitrogens is 1. The van der Waals surface area contributed by atoms with Crippen LogP contribution in [0.15, 0.2) is 61.7 Å². The molecule has 0 bridgehead atoms. The fourth-order valence-corrected chi connectivity index (χ4v) is 7.48. The summed E-state index contributed by atoms with van der Waals surface area (Å²) in [7, 11) is -3.67. The molecule has 0 fully saturated rings. The summed E-state index contributed by atoms with van der Waals surface area (Å²) in [5.74, 6) is 2.59. The molecule has 0 N–H and O–H groups in total. The van der Waals surface area contributed by atoms with Gasteiger partial charge in [0.05, 0.1) is 39.5 Å². The summed E-state index contributed by atoms with van der Waals surface area (Å²) in [5.41, 5.74) is 1.30. The van der Waals surface area contributed by atoms with Crippen molar-refractivity contribution in [1.82, 2.24) is 0 Å². The first-order chi connectivity index (χ1) is 28.8. The highest BCUT2D eigenvalue weighted by Gasteiger charge is 2.24. The van der Waals surface area contributed by atoms with Gasteiger partial charge >= 0.3 is 7.54 Å². The molecule has 0 atom stereocenters. The smallest absolute Gasteiger partial charge is 0.762 e. The van der Waals surface area contributed by atoms with Gasteiger partial charge < -0.3 is 23.4 Å². The summed E-state index contributed by atoms with van der Waals surface area (Å²) < 4.78 is 50.0. The Morgan fingerprint density at radius 2 is 0.817 bits per heavy atom. The zero-order chi connectivity index (χ0) is 43.5. The zero-order valence-corrected chi connectivity index (χ0v) is 39.1. The monoisotopic (exact) mass is 852 g/mol. The third-order valence-electron chi connectivity index (χ3n) is 11.4. The number of unbranched alkanes of at least 4 members (excludes halogenated alkanes) is 23. The molecular formula is C51H90BF4NO3. The van der Waals surface area contributed by atoms with Crippen LogP contribution in [-0.2, 0) is 6.54 Å². The van der Waals surface area contributed by atoms with E-state index in [-0.39, 0.29) is 4.70 Å². The number of nitrogens with zero attached hydrogens (tertiary/aromatic N) is 1. The van der Waals surface area contributed by atoms with Crippen molar-refractivity contribution in [3.8, 4) is 17.2 Å². The van der Waals surface area contributed by atoms with Crippen molar-refractivity contribution in [2.24, 2.45) is 0 Å². The normalized spacial score (nSPS) is 11.3. The van der Waals surface area contributed by atoms with Crippen molar-refractivity contribution in [3.63, 3.8) is 0 Å². The Hall–Kier alpha value is -2.68. The lowest BCUT2D eigenvalue weighted by Crippen LogP contribution is -3.00. The van der Waals surface area contributed by atoms with Gasteiger partial charge in [-0.05, 0) is 77.8 Å². The van der Waals surface area contributed by atoms with E-state index in [9.17, 15) is 12.9 Å². The van der Waals surface area contributed by atoms with Crippen molar-refractivity contribution < 1.29 is 36.3 Å². The van der Waals surface area contributed by atoms with Crippen molar-refractivity contribution in [2.75, 3.05) is 39.5 Å². The van der Waals surface area contributed by atoms with Gasteiger partial charge in [-0.25, -0.2) is 0 Å². The van der Waals surface area contributed by atoms with E-state index in [4.69, 9.17) is 14.2 Å². The molecule has 60 heavy (non-hydrogen) atoms. The molecule has 0 saturated heterocycles. The molecule has 0 heterocycles. The first-order valence-electron chi connectivity index (χ1n) is 24.2. The summed E-state index contributed by atoms with van der Waals surface area (Å²) in [6, 6.07) is 4.55. The molecule has 1 aromatic carbocycles. The van der Waals surface area contributed by atoms with Gasteiger partial charge in [0, 0.05) is 5.56 Å². The van der Waals surface area contributed by atoms with Crippen LogP contribution in [0.2, 0.25) is 0 Å². The molecule has 1 rings (SSSR count). The average Bonchev–Trinajstić information content (AvgIpc) is 3.23. The minimum atomic E-state index is -3.67. The highest BCUT2D eigenvalue weighted by Crippen LogP contribution is 2.40. The standard InChI is InChI=1S/C51H90NO3.BF3.FH/c1-7-13-16-19-22-25-28-29-32-35-38-41-44-55-51-49(53-42-39-36-33-30-26-23-20-17-14-8-2)45-48(47-52(10-4,11-5)12-6)46-50(51)54-43-40-37-34-31-27-24-21-18-15-9-3;2-1(3)4;/h8-9,14-15,17-18,45-46H,2-3,7,10-13,16,19-44,47H2,1,4-6H3;;1H/q+1;;/p-1/b17-14-,18-15+;;. The lowest BCUT2D eigenvalue weighted by molar-refractivity contribution is -0.936. The maximum Gasteiger partial charge on any atom is 0.762 e. The molecule has 348 valence electrons. The lowest BCUT2D eigenvalue weighted by Gasteiger charge is -2.36. The third kappa shape index (κ3) is 35.0. The summed E-state index contributed by atoms with van der Waals surface area (Å²) in [6.45, 7) is 23.3. The quantitative estimate of drug-likeness (QED) is 0.0216. The Bertz CT molecular complexity index is 1090. The average molecular weight is 852 g/mol. The van der Waals surface area contributed by atoms with Gasteiger partial charge in [0.15, 0.2) is 11.5 Å². The topological polar surface area (TPSA) is 27.7 Å². The molecule has 0 aliphatic rings. The Labute approximate surface area is 368 Å². The van der Waals surface area contributed by atoms with Gasteiger partial charge in [-0.1, -0.05) is 179 Å². The van der Waals surface area contributed by atoms with E-state index in [1.54, 1.807) is 0 Å². The van der Waals surface area contributed by atoms with Crippen LogP contribution in [0.5, 0.6) is 17.2 Å². The van der Waals surface area contributed by atoms with Crippen LogP contribution in [0.3, 0.4) is 0 Å². The van der Waals surface area contributed by atoms with Crippen LogP contribution in [0.25, 0.3) is 0 Å². The molecule has 0 aliphatic heterocycles. The Morgan fingerprint density at radius 3 is 1.15 bits per heavy atom. The van der Waals surface area contributed by atoms with Gasteiger partial charge in [-0.2, -0.15) is 0 Å². The molecule has 0 radical (unpaired) electrons. The largest absolute Gasteiger partial charge is 1.00 e. The third-order valence-corrected chi connectivity index (χ3v) is 11.4. The van der Waals surface area contributed by atoms with Gasteiger partial charge in [-0.3, -0.25) is 12.9 Å². The van der Waals surface area contributed by atoms with Crippen molar-refractivity contribution in [1.29, 1.82) is 0 Å². The highest BCUT2D eigenvalue weighted by molar-refractivity contribution is 6.33. The second kappa shape index (κ2) is 44.4. The first kappa shape index (κ1) is 59.4. The second-order valence-electron chi connectivity index (χ2n) is 16.2. The zero-order valence-electron chi connectivity index (χ0n) is 39.1. The predicted molar refractivity (Wildman–Crippen MR) is 252 cm³/mol. The lowest BCUT2D eigenvalue weighted by atomic mass is 10.1. The van der Waals surface area contributed by atoms with E-state index in [2.05, 4.69) is 77.3 Å². The van der Waals surface area contributed by atoms with Crippen LogP contribution < -0.4 is 18.9 Å². The molecule has 1 aromatic rings. The summed E-state index contributed by atoms with van der Waals surface area (Å²) in [6.07, 6.45) is 45.5. The molecule has 0 spiro atoms. The van der Waals surface area contributed by atoms with Crippen LogP contribution in [-0.4, -0.2) is 51.5 Å². The van der Waals surface area contributed by atoms with Crippen molar-refractivity contribution >= 4 is 7.54 Å². The van der Waals surface area contributed by atoms with E-state index in [1.807, 2.05) is 12.2 Å². The molecule has 0 unspecified atom stereocenters. The van der Waals surface area contributed by atoms with E-state index in [1.165, 1.54) is 140 Å². The Kier molecular flexibility index (Phi) is 44.0. The fourth-order valence-electron chi connectivity index (χ4n) is 7.48. The van der Waals surface area contributed by atoms with Crippen molar-refractivity contribution in [3.05, 3.63) is 67.3 Å². The summed E-state index contributed by atoms with van der Waals surface area (Å²) in [5, 5.41) is 0. The number of hydrogen-bond donors (Lipinski definition) is 0. The van der Waals surface area contributed by atoms with Crippen LogP contribution in [0.1, 0.15) is 200 Å². The molecule has 0 aromatic heterocycles. The highest BCUT2D eigenvalue weighted by atomic mass is 19.4. The van der Waals surface area contributed by atoms with Gasteiger partial charge in [0.25, 0.3) is 0 Å². The van der Waals surface area contributed by atoms with E-state index < -0.39 is 7.54 Å². The second-order valence-corrected chi connectivity index (χ2v) is 16.2. The molecule has 4 nitrogen and oxygen atoms in total. The molecule has 0 amide bonds. The Balaban J connectivity index is 0. The van der Waals surface area contributed by atoms with E-state index in [0.717, 1.165) is 93.2 Å². The van der Waals surface area contributed by atoms with Gasteiger partial charge in [-0.15, -0.1) is 0 Å². The number of rotatable bonds is 41. The molecular weight excluding hydrogens is 761 g/mol. The van der Waals surface area contributed by atoms with E-state index >= 15 is 0 Å². The maximum atomic E-state index is 9.67. The fraction of sp³-hybridized carbons (Fsp3) is 0.725. The van der Waals surface area contributed by atoms with Crippen LogP contribution in [0, 0.1) is 0 Å². The Morgan fingerprint density at radius 1 is 0.500 bits per heavy atom. The van der Waals surface area contributed by atoms with Gasteiger partial charge in [0.1, 0.15) is 6.54 Å². The molecule has 0 saturated carbocycles. The number of hydrogen-bond acceptors (Lipinski definition) is 3. The maximum absolute atomic E-state index is 9.67. The summed E-state index contributed by atoms with van der Waals surface area (Å²) >= 11 is 0. The molecule has 0 aliphatic carbocycles. The van der Waals surface area contributed by atoms with Crippen LogP contribution >= 0.6 is 0 Å².